The standard InChI is InChI=1S/C38H32N4O4.Pt/c1-23-24(2)37(44-5)36(38(45-6)25(23)3)26-21-40-41(22-26)27-10-9-11-29(18-27)46-30-14-15-32-31-12-7-8-13-33(31)42(34(32)19-30)35-20-28(43-4)16-17-39-35;/h7-17,20-22H,1-6H3;/q-2;+2. The van der Waals surface area contributed by atoms with Crippen LogP contribution in [0.3, 0.4) is 0 Å². The second kappa shape index (κ2) is 13.0. The Morgan fingerprint density at radius 3 is 2.21 bits per heavy atom. The number of hydrogen-bond donors (Lipinski definition) is 0. The predicted octanol–water partition coefficient (Wildman–Crippen LogP) is 8.37. The van der Waals surface area contributed by atoms with Crippen LogP contribution in [0.5, 0.6) is 28.7 Å². The number of fused-ring (bicyclic) bond motifs is 3. The van der Waals surface area contributed by atoms with E-state index in [9.17, 15) is 0 Å². The maximum absolute atomic E-state index is 6.34. The molecule has 9 heteroatoms. The molecule has 3 aromatic heterocycles. The molecule has 4 aromatic carbocycles. The van der Waals surface area contributed by atoms with Gasteiger partial charge in [0, 0.05) is 41.0 Å². The van der Waals surface area contributed by atoms with Gasteiger partial charge in [-0.2, -0.15) is 17.2 Å². The minimum atomic E-state index is 0. The van der Waals surface area contributed by atoms with Gasteiger partial charge in [0.05, 0.1) is 33.1 Å². The topological polar surface area (TPSA) is 72.6 Å². The number of benzene rings is 4. The normalized spacial score (nSPS) is 11.0. The van der Waals surface area contributed by atoms with Crippen LogP contribution in [0.4, 0.5) is 0 Å². The molecule has 0 aliphatic carbocycles. The molecule has 0 saturated carbocycles. The maximum atomic E-state index is 6.34. The summed E-state index contributed by atoms with van der Waals surface area (Å²) < 4.78 is 27.4. The van der Waals surface area contributed by atoms with Crippen LogP contribution in [0.2, 0.25) is 0 Å². The first-order valence-corrected chi connectivity index (χ1v) is 14.8. The summed E-state index contributed by atoms with van der Waals surface area (Å²) in [4.78, 5) is 4.64. The number of ether oxygens (including phenoxy) is 4. The number of pyridine rings is 1. The molecule has 47 heavy (non-hydrogen) atoms. The summed E-state index contributed by atoms with van der Waals surface area (Å²) >= 11 is 0. The molecule has 3 heterocycles. The summed E-state index contributed by atoms with van der Waals surface area (Å²) in [6.45, 7) is 6.20. The Morgan fingerprint density at radius 1 is 0.723 bits per heavy atom. The van der Waals surface area contributed by atoms with Gasteiger partial charge < -0.3 is 23.5 Å². The van der Waals surface area contributed by atoms with Crippen LogP contribution in [-0.2, 0) is 21.1 Å². The van der Waals surface area contributed by atoms with E-state index in [0.717, 1.165) is 78.4 Å². The van der Waals surface area contributed by atoms with Crippen LogP contribution in [0, 0.1) is 32.9 Å². The van der Waals surface area contributed by atoms with Crippen molar-refractivity contribution in [2.24, 2.45) is 0 Å². The summed E-state index contributed by atoms with van der Waals surface area (Å²) in [5, 5.41) is 6.80. The number of methoxy groups -OCH3 is 3. The van der Waals surface area contributed by atoms with Crippen LogP contribution in [-0.4, -0.2) is 40.7 Å². The maximum Gasteiger partial charge on any atom is 2.00 e. The fraction of sp³-hybridized carbons (Fsp3) is 0.158. The predicted molar refractivity (Wildman–Crippen MR) is 179 cm³/mol. The van der Waals surface area contributed by atoms with Crippen LogP contribution in [0.1, 0.15) is 16.7 Å². The molecule has 0 unspecified atom stereocenters. The molecule has 0 N–H and O–H groups in total. The fourth-order valence-corrected chi connectivity index (χ4v) is 6.02. The van der Waals surface area contributed by atoms with Gasteiger partial charge >= 0.3 is 21.1 Å². The van der Waals surface area contributed by atoms with E-state index < -0.39 is 0 Å². The Morgan fingerprint density at radius 2 is 1.47 bits per heavy atom. The molecular weight excluding hydrogens is 772 g/mol. The third-order valence-electron chi connectivity index (χ3n) is 8.50. The number of aromatic nitrogens is 4. The minimum Gasteiger partial charge on any atom is -0.509 e. The molecule has 0 atom stereocenters. The first-order valence-electron chi connectivity index (χ1n) is 14.8. The van der Waals surface area contributed by atoms with Crippen LogP contribution >= 0.6 is 0 Å². The van der Waals surface area contributed by atoms with Gasteiger partial charge in [-0.15, -0.1) is 35.7 Å². The van der Waals surface area contributed by atoms with Gasteiger partial charge in [-0.3, -0.25) is 4.68 Å². The van der Waals surface area contributed by atoms with Crippen molar-refractivity contribution in [3.8, 4) is 51.4 Å². The summed E-state index contributed by atoms with van der Waals surface area (Å²) in [6, 6.07) is 28.5. The van der Waals surface area contributed by atoms with E-state index in [4.69, 9.17) is 18.9 Å². The number of para-hydroxylation sites is 1. The molecule has 7 aromatic rings. The van der Waals surface area contributed by atoms with Gasteiger partial charge in [-0.25, -0.2) is 4.98 Å². The van der Waals surface area contributed by atoms with Crippen molar-refractivity contribution in [1.29, 1.82) is 0 Å². The third kappa shape index (κ3) is 5.53. The average Bonchev–Trinajstić information content (AvgIpc) is 3.70. The second-order valence-corrected chi connectivity index (χ2v) is 11.0. The molecule has 0 radical (unpaired) electrons. The second-order valence-electron chi connectivity index (χ2n) is 11.0. The number of nitrogens with zero attached hydrogens (tertiary/aromatic N) is 4. The summed E-state index contributed by atoms with van der Waals surface area (Å²) in [5.41, 5.74) is 7.60. The fourth-order valence-electron chi connectivity index (χ4n) is 6.02. The van der Waals surface area contributed by atoms with Crippen LogP contribution in [0.15, 0.2) is 85.3 Å². The van der Waals surface area contributed by atoms with Crippen molar-refractivity contribution < 1.29 is 40.0 Å². The summed E-state index contributed by atoms with van der Waals surface area (Å²) in [6.07, 6.45) is 5.49. The largest absolute Gasteiger partial charge is 2.00 e. The number of hydrogen-bond acceptors (Lipinski definition) is 6. The van der Waals surface area contributed by atoms with E-state index >= 15 is 0 Å². The molecule has 0 fully saturated rings. The molecular formula is C38H32N4O4Pt. The molecule has 0 amide bonds. The van der Waals surface area contributed by atoms with Crippen molar-refractivity contribution in [3.05, 3.63) is 114 Å². The van der Waals surface area contributed by atoms with Gasteiger partial charge in [0.1, 0.15) is 23.1 Å². The van der Waals surface area contributed by atoms with Crippen molar-refractivity contribution in [2.75, 3.05) is 21.3 Å². The molecule has 0 saturated heterocycles. The van der Waals surface area contributed by atoms with Gasteiger partial charge in [-0.1, -0.05) is 23.7 Å². The zero-order valence-electron chi connectivity index (χ0n) is 26.8. The quantitative estimate of drug-likeness (QED) is 0.144. The third-order valence-corrected chi connectivity index (χ3v) is 8.50. The zero-order chi connectivity index (χ0) is 31.9. The van der Waals surface area contributed by atoms with Crippen molar-refractivity contribution in [1.82, 2.24) is 19.3 Å². The molecule has 0 spiro atoms. The van der Waals surface area contributed by atoms with Gasteiger partial charge in [0.2, 0.25) is 0 Å². The van der Waals surface area contributed by atoms with E-state index in [1.807, 2.05) is 60.9 Å². The summed E-state index contributed by atoms with van der Waals surface area (Å²) in [5.74, 6) is 4.08. The van der Waals surface area contributed by atoms with E-state index in [2.05, 4.69) is 65.8 Å². The SMILES string of the molecule is COc1ccnc(-n2c3[c-]c(Oc4[c-]c(-n5cc(-c6c(OC)c(C)c(C)c(C)c6OC)cn5)ccc4)ccc3c3ccccc32)c1.[Pt+2]. The molecule has 238 valence electrons. The van der Waals surface area contributed by atoms with E-state index in [-0.39, 0.29) is 21.1 Å². The van der Waals surface area contributed by atoms with E-state index in [1.54, 1.807) is 32.2 Å². The van der Waals surface area contributed by atoms with E-state index in [0.29, 0.717) is 11.5 Å². The number of rotatable bonds is 8. The van der Waals surface area contributed by atoms with E-state index in [1.165, 1.54) is 0 Å². The van der Waals surface area contributed by atoms with Crippen LogP contribution in [0.25, 0.3) is 44.4 Å². The minimum absolute atomic E-state index is 0. The van der Waals surface area contributed by atoms with Crippen LogP contribution < -0.4 is 18.9 Å². The van der Waals surface area contributed by atoms with Gasteiger partial charge in [0.25, 0.3) is 0 Å². The first kappa shape index (κ1) is 31.9. The Labute approximate surface area is 287 Å². The monoisotopic (exact) mass is 803 g/mol. The molecule has 0 aliphatic heterocycles. The molecule has 8 nitrogen and oxygen atoms in total. The average molecular weight is 804 g/mol. The van der Waals surface area contributed by atoms with Crippen molar-refractivity contribution >= 4 is 21.8 Å². The Bertz CT molecular complexity index is 2220. The summed E-state index contributed by atoms with van der Waals surface area (Å²) in [7, 11) is 5.01. The Balaban J connectivity index is 0.00000386. The Kier molecular flexibility index (Phi) is 8.80. The van der Waals surface area contributed by atoms with Gasteiger partial charge in [-0.05, 0) is 60.7 Å². The smallest absolute Gasteiger partial charge is 0.509 e. The molecule has 0 aliphatic rings. The first-order chi connectivity index (χ1) is 22.4. The van der Waals surface area contributed by atoms with Gasteiger partial charge in [0.15, 0.2) is 0 Å². The van der Waals surface area contributed by atoms with Crippen molar-refractivity contribution in [2.45, 2.75) is 20.8 Å². The van der Waals surface area contributed by atoms with Crippen molar-refractivity contribution in [3.63, 3.8) is 0 Å². The molecule has 0 bridgehead atoms. The Hall–Kier alpha value is -5.07. The molecule has 7 rings (SSSR count). The zero-order valence-corrected chi connectivity index (χ0v) is 29.1.